The van der Waals surface area contributed by atoms with E-state index in [-0.39, 0.29) is 12.5 Å². The summed E-state index contributed by atoms with van der Waals surface area (Å²) in [5, 5.41) is 1.39. The molecule has 0 spiro atoms. The van der Waals surface area contributed by atoms with Crippen molar-refractivity contribution in [1.29, 1.82) is 0 Å². The molecule has 0 unspecified atom stereocenters. The van der Waals surface area contributed by atoms with Crippen LogP contribution in [-0.4, -0.2) is 15.9 Å². The maximum absolute atomic E-state index is 13.4. The number of halogens is 2. The standard InChI is InChI=1S/C22H17Cl2N3OS/c1-13-6-9-19-20(14(13)2)26-22(29-19)27(12-16-5-3-4-10-25-16)21(28)17-8-7-15(23)11-18(17)24/h3-11H,12H2,1-2H3. The molecular weight excluding hydrogens is 425 g/mol. The number of thiazole rings is 1. The topological polar surface area (TPSA) is 46.1 Å². The summed E-state index contributed by atoms with van der Waals surface area (Å²) in [6.45, 7) is 4.39. The third kappa shape index (κ3) is 3.99. The summed E-state index contributed by atoms with van der Waals surface area (Å²) in [6, 6.07) is 14.6. The predicted molar refractivity (Wildman–Crippen MR) is 120 cm³/mol. The Labute approximate surface area is 182 Å². The number of aromatic nitrogens is 2. The minimum absolute atomic E-state index is 0.245. The van der Waals surface area contributed by atoms with Crippen LogP contribution in [-0.2, 0) is 6.54 Å². The second-order valence-corrected chi connectivity index (χ2v) is 8.54. The zero-order chi connectivity index (χ0) is 20.5. The highest BCUT2D eigenvalue weighted by atomic mass is 35.5. The van der Waals surface area contributed by atoms with Crippen molar-refractivity contribution in [2.75, 3.05) is 4.90 Å². The smallest absolute Gasteiger partial charge is 0.261 e. The minimum Gasteiger partial charge on any atom is -0.278 e. The van der Waals surface area contributed by atoms with Crippen LogP contribution in [0.15, 0.2) is 54.7 Å². The first-order valence-electron chi connectivity index (χ1n) is 8.97. The van der Waals surface area contributed by atoms with Gasteiger partial charge in [0.2, 0.25) is 0 Å². The van der Waals surface area contributed by atoms with Gasteiger partial charge in [-0.05, 0) is 61.4 Å². The number of amides is 1. The van der Waals surface area contributed by atoms with Crippen LogP contribution in [0.2, 0.25) is 10.0 Å². The second-order valence-electron chi connectivity index (χ2n) is 6.69. The number of benzene rings is 2. The van der Waals surface area contributed by atoms with Gasteiger partial charge < -0.3 is 0 Å². The number of pyridine rings is 1. The van der Waals surface area contributed by atoms with Crippen molar-refractivity contribution in [3.8, 4) is 0 Å². The molecule has 4 aromatic rings. The molecule has 2 heterocycles. The van der Waals surface area contributed by atoms with E-state index in [1.54, 1.807) is 29.3 Å². The number of rotatable bonds is 4. The predicted octanol–water partition coefficient (Wildman–Crippen LogP) is 6.46. The Balaban J connectivity index is 1.82. The van der Waals surface area contributed by atoms with E-state index >= 15 is 0 Å². The van der Waals surface area contributed by atoms with E-state index in [1.165, 1.54) is 11.3 Å². The average molecular weight is 442 g/mol. The highest BCUT2D eigenvalue weighted by Gasteiger charge is 2.24. The molecule has 2 aromatic carbocycles. The average Bonchev–Trinajstić information content (AvgIpc) is 3.14. The van der Waals surface area contributed by atoms with Gasteiger partial charge in [-0.25, -0.2) is 4.98 Å². The van der Waals surface area contributed by atoms with Gasteiger partial charge in [0.05, 0.1) is 33.0 Å². The van der Waals surface area contributed by atoms with Crippen molar-refractivity contribution in [1.82, 2.24) is 9.97 Å². The van der Waals surface area contributed by atoms with E-state index in [4.69, 9.17) is 28.2 Å². The number of hydrogen-bond acceptors (Lipinski definition) is 4. The molecule has 4 rings (SSSR count). The van der Waals surface area contributed by atoms with Gasteiger partial charge in [-0.1, -0.05) is 46.7 Å². The van der Waals surface area contributed by atoms with Crippen molar-refractivity contribution in [3.63, 3.8) is 0 Å². The normalized spacial score (nSPS) is 11.0. The lowest BCUT2D eigenvalue weighted by molar-refractivity contribution is 0.0985. The first-order chi connectivity index (χ1) is 13.9. The largest absolute Gasteiger partial charge is 0.278 e. The summed E-state index contributed by atoms with van der Waals surface area (Å²) >= 11 is 13.8. The molecule has 0 bridgehead atoms. The molecule has 0 radical (unpaired) electrons. The molecule has 146 valence electrons. The van der Waals surface area contributed by atoms with Gasteiger partial charge in [-0.3, -0.25) is 14.7 Å². The van der Waals surface area contributed by atoms with Crippen molar-refractivity contribution in [2.45, 2.75) is 20.4 Å². The molecular formula is C22H17Cl2N3OS. The quantitative estimate of drug-likeness (QED) is 0.364. The number of aryl methyl sites for hydroxylation is 2. The molecule has 0 fully saturated rings. The van der Waals surface area contributed by atoms with E-state index < -0.39 is 0 Å². The monoisotopic (exact) mass is 441 g/mol. The summed E-state index contributed by atoms with van der Waals surface area (Å²) in [6.07, 6.45) is 1.71. The van der Waals surface area contributed by atoms with E-state index in [9.17, 15) is 4.79 Å². The van der Waals surface area contributed by atoms with Crippen LogP contribution >= 0.6 is 34.5 Å². The molecule has 0 saturated carbocycles. The maximum Gasteiger partial charge on any atom is 0.261 e. The van der Waals surface area contributed by atoms with Crippen LogP contribution in [0.1, 0.15) is 27.2 Å². The van der Waals surface area contributed by atoms with Crippen molar-refractivity contribution >= 4 is 55.8 Å². The number of carbonyl (C=O) groups is 1. The fourth-order valence-electron chi connectivity index (χ4n) is 3.02. The maximum atomic E-state index is 13.4. The summed E-state index contributed by atoms with van der Waals surface area (Å²) in [5.41, 5.74) is 4.32. The lowest BCUT2D eigenvalue weighted by Gasteiger charge is -2.20. The van der Waals surface area contributed by atoms with Gasteiger partial charge in [0.1, 0.15) is 0 Å². The molecule has 4 nitrogen and oxygen atoms in total. The number of nitrogens with zero attached hydrogens (tertiary/aromatic N) is 3. The molecule has 0 N–H and O–H groups in total. The summed E-state index contributed by atoms with van der Waals surface area (Å²) in [4.78, 5) is 24.2. The highest BCUT2D eigenvalue weighted by molar-refractivity contribution is 7.22. The van der Waals surface area contributed by atoms with Gasteiger partial charge in [-0.15, -0.1) is 0 Å². The van der Waals surface area contributed by atoms with Crippen LogP contribution in [0.5, 0.6) is 0 Å². The van der Waals surface area contributed by atoms with Crippen molar-refractivity contribution in [2.24, 2.45) is 0 Å². The summed E-state index contributed by atoms with van der Waals surface area (Å²) in [7, 11) is 0. The van der Waals surface area contributed by atoms with Crippen LogP contribution < -0.4 is 4.90 Å². The highest BCUT2D eigenvalue weighted by Crippen LogP contribution is 2.34. The fraction of sp³-hybridized carbons (Fsp3) is 0.136. The lowest BCUT2D eigenvalue weighted by Crippen LogP contribution is -2.31. The summed E-state index contributed by atoms with van der Waals surface area (Å²) in [5.74, 6) is -0.245. The van der Waals surface area contributed by atoms with Gasteiger partial charge >= 0.3 is 0 Å². The Morgan fingerprint density at radius 2 is 1.93 bits per heavy atom. The molecule has 0 saturated heterocycles. The third-order valence-corrected chi connectivity index (χ3v) is 6.35. The van der Waals surface area contributed by atoms with Gasteiger partial charge in [0.25, 0.3) is 5.91 Å². The van der Waals surface area contributed by atoms with E-state index in [1.807, 2.05) is 31.2 Å². The molecule has 0 atom stereocenters. The van der Waals surface area contributed by atoms with Crippen molar-refractivity contribution < 1.29 is 4.79 Å². The van der Waals surface area contributed by atoms with Crippen LogP contribution in [0.25, 0.3) is 10.2 Å². The van der Waals surface area contributed by atoms with E-state index in [0.29, 0.717) is 20.7 Å². The first kappa shape index (κ1) is 19.8. The molecule has 0 aliphatic carbocycles. The third-order valence-electron chi connectivity index (χ3n) is 4.76. The van der Waals surface area contributed by atoms with Gasteiger partial charge in [0, 0.05) is 11.2 Å². The van der Waals surface area contributed by atoms with Crippen molar-refractivity contribution in [3.05, 3.63) is 87.2 Å². The number of hydrogen-bond donors (Lipinski definition) is 0. The zero-order valence-corrected chi connectivity index (χ0v) is 18.1. The van der Waals surface area contributed by atoms with Crippen LogP contribution in [0.3, 0.4) is 0 Å². The van der Waals surface area contributed by atoms with Gasteiger partial charge in [-0.2, -0.15) is 0 Å². The van der Waals surface area contributed by atoms with E-state index in [0.717, 1.165) is 27.0 Å². The molecule has 2 aromatic heterocycles. The second kappa shape index (κ2) is 8.11. The number of fused-ring (bicyclic) bond motifs is 1. The van der Waals surface area contributed by atoms with Crippen LogP contribution in [0, 0.1) is 13.8 Å². The van der Waals surface area contributed by atoms with Gasteiger partial charge in [0.15, 0.2) is 5.13 Å². The minimum atomic E-state index is -0.245. The Bertz CT molecular complexity index is 1210. The molecule has 29 heavy (non-hydrogen) atoms. The Kier molecular flexibility index (Phi) is 5.54. The zero-order valence-electron chi connectivity index (χ0n) is 15.8. The number of anilines is 1. The SMILES string of the molecule is Cc1ccc2sc(N(Cc3ccccn3)C(=O)c3ccc(Cl)cc3Cl)nc2c1C. The molecule has 0 aliphatic rings. The summed E-state index contributed by atoms with van der Waals surface area (Å²) < 4.78 is 1.03. The fourth-order valence-corrected chi connectivity index (χ4v) is 4.53. The Morgan fingerprint density at radius 3 is 2.66 bits per heavy atom. The Morgan fingerprint density at radius 1 is 1.10 bits per heavy atom. The molecule has 0 aliphatic heterocycles. The molecule has 1 amide bonds. The van der Waals surface area contributed by atoms with E-state index in [2.05, 4.69) is 18.0 Å². The van der Waals surface area contributed by atoms with Crippen LogP contribution in [0.4, 0.5) is 5.13 Å². The number of carbonyl (C=O) groups excluding carboxylic acids is 1. The first-order valence-corrected chi connectivity index (χ1v) is 10.5. The molecule has 7 heteroatoms. The Hall–Kier alpha value is -2.47. The lowest BCUT2D eigenvalue weighted by atomic mass is 10.1.